The van der Waals surface area contributed by atoms with Crippen molar-refractivity contribution in [2.45, 2.75) is 19.0 Å². The van der Waals surface area contributed by atoms with Gasteiger partial charge in [-0.05, 0) is 43.2 Å². The number of nitrogens with zero attached hydrogens (tertiary/aromatic N) is 1. The SMILES string of the molecule is COC(=O)c1cc(NC(=O)C2CCN(C(=O)c3ccc(C(F)(F)F)cc3)CC2)c(F)cc1F. The molecule has 2 aromatic carbocycles. The van der Waals surface area contributed by atoms with Crippen molar-refractivity contribution in [2.24, 2.45) is 5.92 Å². The first-order valence-corrected chi connectivity index (χ1v) is 9.86. The molecule has 0 bridgehead atoms. The van der Waals surface area contributed by atoms with Gasteiger partial charge in [-0.25, -0.2) is 13.6 Å². The van der Waals surface area contributed by atoms with Crippen LogP contribution in [-0.2, 0) is 15.7 Å². The van der Waals surface area contributed by atoms with Gasteiger partial charge in [0.05, 0.1) is 23.9 Å². The van der Waals surface area contributed by atoms with E-state index in [1.165, 1.54) is 4.90 Å². The molecule has 0 unspecified atom stereocenters. The van der Waals surface area contributed by atoms with Crippen LogP contribution in [0.1, 0.15) is 39.1 Å². The number of hydrogen-bond donors (Lipinski definition) is 1. The van der Waals surface area contributed by atoms with Crippen molar-refractivity contribution in [3.63, 3.8) is 0 Å². The molecule has 11 heteroatoms. The van der Waals surface area contributed by atoms with Crippen LogP contribution >= 0.6 is 0 Å². The van der Waals surface area contributed by atoms with Crippen LogP contribution in [0.15, 0.2) is 36.4 Å². The molecule has 0 atom stereocenters. The molecule has 1 fully saturated rings. The molecule has 1 aliphatic rings. The van der Waals surface area contributed by atoms with E-state index >= 15 is 0 Å². The number of amides is 2. The van der Waals surface area contributed by atoms with Gasteiger partial charge < -0.3 is 15.0 Å². The minimum Gasteiger partial charge on any atom is -0.465 e. The maximum atomic E-state index is 14.1. The van der Waals surface area contributed by atoms with Crippen molar-refractivity contribution in [3.8, 4) is 0 Å². The first-order valence-electron chi connectivity index (χ1n) is 9.86. The van der Waals surface area contributed by atoms with E-state index in [1.807, 2.05) is 0 Å². The van der Waals surface area contributed by atoms with Crippen LogP contribution in [0.2, 0.25) is 0 Å². The first kappa shape index (κ1) is 24.1. The van der Waals surface area contributed by atoms with Crippen LogP contribution in [0.5, 0.6) is 0 Å². The number of alkyl halides is 3. The molecule has 6 nitrogen and oxygen atoms in total. The van der Waals surface area contributed by atoms with Gasteiger partial charge in [-0.15, -0.1) is 0 Å². The number of benzene rings is 2. The number of halogens is 5. The third-order valence-electron chi connectivity index (χ3n) is 5.33. The van der Waals surface area contributed by atoms with Gasteiger partial charge in [0.25, 0.3) is 5.91 Å². The molecule has 3 rings (SSSR count). The van der Waals surface area contributed by atoms with Crippen molar-refractivity contribution in [1.29, 1.82) is 0 Å². The predicted octanol–water partition coefficient (Wildman–Crippen LogP) is 4.26. The normalized spacial score (nSPS) is 14.7. The molecule has 0 spiro atoms. The van der Waals surface area contributed by atoms with E-state index < -0.39 is 52.6 Å². The summed E-state index contributed by atoms with van der Waals surface area (Å²) in [5.41, 5.74) is -1.69. The van der Waals surface area contributed by atoms with Gasteiger partial charge in [-0.3, -0.25) is 9.59 Å². The molecule has 1 N–H and O–H groups in total. The Morgan fingerprint density at radius 1 is 1.00 bits per heavy atom. The second-order valence-electron chi connectivity index (χ2n) is 7.43. The summed E-state index contributed by atoms with van der Waals surface area (Å²) < 4.78 is 70.3. The summed E-state index contributed by atoms with van der Waals surface area (Å²) in [6.45, 7) is 0.328. The van der Waals surface area contributed by atoms with Crippen molar-refractivity contribution in [3.05, 3.63) is 64.7 Å². The fourth-order valence-corrected chi connectivity index (χ4v) is 3.48. The molecule has 2 aromatic rings. The Kier molecular flexibility index (Phi) is 6.99. The third kappa shape index (κ3) is 5.47. The molecule has 0 radical (unpaired) electrons. The van der Waals surface area contributed by atoms with E-state index in [1.54, 1.807) is 0 Å². The van der Waals surface area contributed by atoms with Crippen LogP contribution < -0.4 is 5.32 Å². The van der Waals surface area contributed by atoms with Gasteiger partial charge >= 0.3 is 12.1 Å². The average molecular weight is 470 g/mol. The van der Waals surface area contributed by atoms with Gasteiger partial charge in [0.1, 0.15) is 11.6 Å². The van der Waals surface area contributed by atoms with Crippen molar-refractivity contribution < 1.29 is 41.1 Å². The number of likely N-dealkylation sites (tertiary alicyclic amines) is 1. The number of nitrogens with one attached hydrogen (secondary N) is 1. The minimum absolute atomic E-state index is 0.0922. The number of carbonyl (C=O) groups is 3. The molecule has 2 amide bonds. The van der Waals surface area contributed by atoms with Crippen LogP contribution in [0.3, 0.4) is 0 Å². The Hall–Kier alpha value is -3.50. The lowest BCUT2D eigenvalue weighted by atomic mass is 9.95. The van der Waals surface area contributed by atoms with Crippen LogP contribution in [0.25, 0.3) is 0 Å². The lowest BCUT2D eigenvalue weighted by Gasteiger charge is -2.31. The summed E-state index contributed by atoms with van der Waals surface area (Å²) in [6, 6.07) is 5.16. The highest BCUT2D eigenvalue weighted by molar-refractivity contribution is 5.97. The van der Waals surface area contributed by atoms with E-state index in [9.17, 15) is 36.3 Å². The molecule has 0 saturated carbocycles. The summed E-state index contributed by atoms with van der Waals surface area (Å²) in [7, 11) is 1.03. The van der Waals surface area contributed by atoms with Crippen molar-refractivity contribution in [2.75, 3.05) is 25.5 Å². The maximum Gasteiger partial charge on any atom is 0.416 e. The summed E-state index contributed by atoms with van der Waals surface area (Å²) in [5, 5.41) is 2.32. The number of anilines is 1. The number of rotatable bonds is 4. The molecule has 1 saturated heterocycles. The molecule has 1 aliphatic heterocycles. The highest BCUT2D eigenvalue weighted by Crippen LogP contribution is 2.30. The molecule has 0 aliphatic carbocycles. The van der Waals surface area contributed by atoms with Gasteiger partial charge in [0, 0.05) is 30.6 Å². The van der Waals surface area contributed by atoms with Crippen LogP contribution in [-0.4, -0.2) is 42.9 Å². The Labute approximate surface area is 185 Å². The van der Waals surface area contributed by atoms with Crippen molar-refractivity contribution >= 4 is 23.5 Å². The first-order chi connectivity index (χ1) is 15.5. The number of hydrogen-bond acceptors (Lipinski definition) is 4. The standard InChI is InChI=1S/C22H19F5N2O4/c1-33-21(32)15-10-18(17(24)11-16(15)23)28-19(30)12-6-8-29(9-7-12)20(31)13-2-4-14(5-3-13)22(25,26)27/h2-5,10-12H,6-9H2,1H3,(H,28,30). The molecule has 1 heterocycles. The summed E-state index contributed by atoms with van der Waals surface area (Å²) in [4.78, 5) is 38.1. The van der Waals surface area contributed by atoms with E-state index in [-0.39, 0.29) is 37.2 Å². The van der Waals surface area contributed by atoms with Gasteiger partial charge in [0.2, 0.25) is 5.91 Å². The van der Waals surface area contributed by atoms with Crippen LogP contribution in [0.4, 0.5) is 27.6 Å². The lowest BCUT2D eigenvalue weighted by Crippen LogP contribution is -2.41. The van der Waals surface area contributed by atoms with Gasteiger partial charge in [-0.2, -0.15) is 13.2 Å². The molecule has 176 valence electrons. The molecular formula is C22H19F5N2O4. The van der Waals surface area contributed by atoms with Gasteiger partial charge in [0.15, 0.2) is 0 Å². The lowest BCUT2D eigenvalue weighted by molar-refractivity contribution is -0.137. The quantitative estimate of drug-likeness (QED) is 0.535. The maximum absolute atomic E-state index is 14.1. The largest absolute Gasteiger partial charge is 0.465 e. The Bertz CT molecular complexity index is 1060. The van der Waals surface area contributed by atoms with E-state index in [0.717, 1.165) is 37.4 Å². The highest BCUT2D eigenvalue weighted by Gasteiger charge is 2.32. The molecule has 0 aromatic heterocycles. The third-order valence-corrected chi connectivity index (χ3v) is 5.33. The fraction of sp³-hybridized carbons (Fsp3) is 0.318. The van der Waals surface area contributed by atoms with Gasteiger partial charge in [-0.1, -0.05) is 0 Å². The summed E-state index contributed by atoms with van der Waals surface area (Å²) >= 11 is 0. The Morgan fingerprint density at radius 3 is 2.15 bits per heavy atom. The van der Waals surface area contributed by atoms with Crippen molar-refractivity contribution in [1.82, 2.24) is 4.90 Å². The molecule has 33 heavy (non-hydrogen) atoms. The predicted molar refractivity (Wildman–Crippen MR) is 106 cm³/mol. The topological polar surface area (TPSA) is 75.7 Å². The molecular weight excluding hydrogens is 451 g/mol. The Morgan fingerprint density at radius 2 is 1.61 bits per heavy atom. The van der Waals surface area contributed by atoms with E-state index in [4.69, 9.17) is 0 Å². The number of esters is 1. The summed E-state index contributed by atoms with van der Waals surface area (Å²) in [6.07, 6.45) is -4.05. The van der Waals surface area contributed by atoms with E-state index in [2.05, 4.69) is 10.1 Å². The average Bonchev–Trinajstić information content (AvgIpc) is 2.79. The zero-order valence-corrected chi connectivity index (χ0v) is 17.3. The number of ether oxygens (including phenoxy) is 1. The number of methoxy groups -OCH3 is 1. The smallest absolute Gasteiger partial charge is 0.416 e. The van der Waals surface area contributed by atoms with E-state index in [0.29, 0.717) is 6.07 Å². The zero-order valence-electron chi connectivity index (χ0n) is 17.3. The second kappa shape index (κ2) is 9.55. The highest BCUT2D eigenvalue weighted by atomic mass is 19.4. The number of piperidine rings is 1. The monoisotopic (exact) mass is 470 g/mol. The summed E-state index contributed by atoms with van der Waals surface area (Å²) in [5.74, 6) is -4.85. The fourth-order valence-electron chi connectivity index (χ4n) is 3.48. The Balaban J connectivity index is 1.61. The second-order valence-corrected chi connectivity index (χ2v) is 7.43. The minimum atomic E-state index is -4.51. The zero-order chi connectivity index (χ0) is 24.3. The number of carbonyl (C=O) groups excluding carboxylic acids is 3. The van der Waals surface area contributed by atoms with Crippen LogP contribution in [0, 0.1) is 17.6 Å².